The second-order valence-corrected chi connectivity index (χ2v) is 7.03. The van der Waals surface area contributed by atoms with E-state index in [1.54, 1.807) is 23.2 Å². The van der Waals surface area contributed by atoms with Crippen LogP contribution in [0.25, 0.3) is 0 Å². The molecule has 2 amide bonds. The van der Waals surface area contributed by atoms with Crippen LogP contribution in [0.15, 0.2) is 54.9 Å². The third kappa shape index (κ3) is 4.07. The van der Waals surface area contributed by atoms with Gasteiger partial charge in [0.15, 0.2) is 11.5 Å². The Balaban J connectivity index is 1.54. The minimum absolute atomic E-state index is 0.208. The summed E-state index contributed by atoms with van der Waals surface area (Å²) >= 11 is 0. The number of amides is 2. The number of nitrogens with one attached hydrogen (secondary N) is 1. The fourth-order valence-corrected chi connectivity index (χ4v) is 3.41. The molecular formula is C22H23FN4O3. The van der Waals surface area contributed by atoms with E-state index in [0.717, 1.165) is 11.1 Å². The molecule has 3 aromatic rings. The highest BCUT2D eigenvalue weighted by molar-refractivity contribution is 5.75. The second-order valence-electron chi connectivity index (χ2n) is 7.03. The summed E-state index contributed by atoms with van der Waals surface area (Å²) in [5, 5.41) is 3.04. The van der Waals surface area contributed by atoms with E-state index < -0.39 is 6.04 Å². The van der Waals surface area contributed by atoms with E-state index in [1.807, 2.05) is 42.9 Å². The molecular weight excluding hydrogens is 387 g/mol. The summed E-state index contributed by atoms with van der Waals surface area (Å²) < 4.78 is 26.0. The zero-order valence-corrected chi connectivity index (χ0v) is 16.8. The highest BCUT2D eigenvalue weighted by atomic mass is 19.1. The number of carbonyl (C=O) groups is 1. The van der Waals surface area contributed by atoms with Gasteiger partial charge in [-0.1, -0.05) is 18.2 Å². The minimum Gasteiger partial charge on any atom is -0.454 e. The van der Waals surface area contributed by atoms with E-state index in [-0.39, 0.29) is 18.6 Å². The number of fused-ring (bicyclic) bond motifs is 1. The first-order valence-corrected chi connectivity index (χ1v) is 9.72. The van der Waals surface area contributed by atoms with E-state index in [0.29, 0.717) is 30.4 Å². The predicted octanol–water partition coefficient (Wildman–Crippen LogP) is 3.61. The summed E-state index contributed by atoms with van der Waals surface area (Å²) in [7, 11) is 1.86. The molecule has 1 aliphatic heterocycles. The number of ether oxygens (including phenoxy) is 2. The number of hydrogen-bond acceptors (Lipinski definition) is 4. The number of aryl methyl sites for hydroxylation is 1. The minimum atomic E-state index is -0.510. The van der Waals surface area contributed by atoms with Gasteiger partial charge in [-0.05, 0) is 42.3 Å². The Morgan fingerprint density at radius 3 is 2.70 bits per heavy atom. The highest BCUT2D eigenvalue weighted by Crippen LogP contribution is 2.33. The molecule has 0 aliphatic carbocycles. The van der Waals surface area contributed by atoms with Gasteiger partial charge in [-0.2, -0.15) is 0 Å². The van der Waals surface area contributed by atoms with Gasteiger partial charge in [0.25, 0.3) is 0 Å². The molecule has 2 heterocycles. The standard InChI is InChI=1S/C22H23FN4O3/c1-3-27(13-15-4-9-18-19(12-15)30-14-29-18)22(28)25-20(21-24-10-11-26(21)2)16-5-7-17(23)8-6-16/h4-12,20H,3,13-14H2,1-2H3,(H,25,28). The van der Waals surface area contributed by atoms with Crippen molar-refractivity contribution < 1.29 is 18.7 Å². The summed E-state index contributed by atoms with van der Waals surface area (Å²) in [6.07, 6.45) is 3.48. The van der Waals surface area contributed by atoms with Crippen LogP contribution in [0, 0.1) is 5.82 Å². The summed E-state index contributed by atoms with van der Waals surface area (Å²) in [5.41, 5.74) is 1.68. The van der Waals surface area contributed by atoms with Crippen LogP contribution in [-0.2, 0) is 13.6 Å². The van der Waals surface area contributed by atoms with Crippen LogP contribution < -0.4 is 14.8 Å². The highest BCUT2D eigenvalue weighted by Gasteiger charge is 2.24. The van der Waals surface area contributed by atoms with Crippen LogP contribution in [0.5, 0.6) is 11.5 Å². The fourth-order valence-electron chi connectivity index (χ4n) is 3.41. The lowest BCUT2D eigenvalue weighted by atomic mass is 10.1. The molecule has 1 aromatic heterocycles. The molecule has 2 aromatic carbocycles. The molecule has 0 bridgehead atoms. The molecule has 0 saturated heterocycles. The van der Waals surface area contributed by atoms with E-state index in [9.17, 15) is 9.18 Å². The SMILES string of the molecule is CCN(Cc1ccc2c(c1)OCO2)C(=O)NC(c1ccc(F)cc1)c1nccn1C. The van der Waals surface area contributed by atoms with Crippen molar-refractivity contribution in [2.24, 2.45) is 7.05 Å². The van der Waals surface area contributed by atoms with Crippen molar-refractivity contribution in [2.75, 3.05) is 13.3 Å². The van der Waals surface area contributed by atoms with Crippen molar-refractivity contribution in [3.05, 3.63) is 77.6 Å². The first-order valence-electron chi connectivity index (χ1n) is 9.72. The van der Waals surface area contributed by atoms with Crippen LogP contribution in [0.2, 0.25) is 0 Å². The summed E-state index contributed by atoms with van der Waals surface area (Å²) in [6.45, 7) is 3.05. The largest absolute Gasteiger partial charge is 0.454 e. The third-order valence-electron chi connectivity index (χ3n) is 5.07. The van der Waals surface area contributed by atoms with Crippen LogP contribution in [0.3, 0.4) is 0 Å². The van der Waals surface area contributed by atoms with Crippen LogP contribution in [0.4, 0.5) is 9.18 Å². The molecule has 0 fully saturated rings. The van der Waals surface area contributed by atoms with Gasteiger partial charge in [-0.3, -0.25) is 0 Å². The average molecular weight is 410 g/mol. The van der Waals surface area contributed by atoms with Crippen molar-refractivity contribution in [2.45, 2.75) is 19.5 Å². The maximum absolute atomic E-state index is 13.4. The Labute approximate surface area is 174 Å². The molecule has 1 atom stereocenters. The molecule has 0 spiro atoms. The van der Waals surface area contributed by atoms with E-state index in [1.165, 1.54) is 12.1 Å². The van der Waals surface area contributed by atoms with Crippen molar-refractivity contribution in [1.29, 1.82) is 0 Å². The summed E-state index contributed by atoms with van der Waals surface area (Å²) in [4.78, 5) is 19.2. The molecule has 156 valence electrons. The van der Waals surface area contributed by atoms with Gasteiger partial charge in [0.05, 0.1) is 0 Å². The Kier molecular flexibility index (Phi) is 5.56. The maximum Gasteiger partial charge on any atom is 0.318 e. The topological polar surface area (TPSA) is 68.6 Å². The number of benzene rings is 2. The normalized spacial score (nSPS) is 13.2. The summed E-state index contributed by atoms with van der Waals surface area (Å²) in [5.74, 6) is 1.72. The lowest BCUT2D eigenvalue weighted by molar-refractivity contribution is 0.173. The van der Waals surface area contributed by atoms with Gasteiger partial charge in [0.2, 0.25) is 6.79 Å². The third-order valence-corrected chi connectivity index (χ3v) is 5.07. The zero-order chi connectivity index (χ0) is 21.1. The molecule has 8 heteroatoms. The number of halogens is 1. The average Bonchev–Trinajstić information content (AvgIpc) is 3.39. The van der Waals surface area contributed by atoms with Crippen molar-refractivity contribution >= 4 is 6.03 Å². The Bertz CT molecular complexity index is 1040. The molecule has 30 heavy (non-hydrogen) atoms. The van der Waals surface area contributed by atoms with E-state index >= 15 is 0 Å². The molecule has 0 radical (unpaired) electrons. The van der Waals surface area contributed by atoms with E-state index in [4.69, 9.17) is 9.47 Å². The van der Waals surface area contributed by atoms with Crippen molar-refractivity contribution in [3.8, 4) is 11.5 Å². The molecule has 1 unspecified atom stereocenters. The quantitative estimate of drug-likeness (QED) is 0.674. The molecule has 7 nitrogen and oxygen atoms in total. The number of urea groups is 1. The molecule has 4 rings (SSSR count). The lowest BCUT2D eigenvalue weighted by Gasteiger charge is -2.26. The van der Waals surface area contributed by atoms with Crippen LogP contribution in [-0.4, -0.2) is 33.8 Å². The lowest BCUT2D eigenvalue weighted by Crippen LogP contribution is -2.42. The van der Waals surface area contributed by atoms with Gasteiger partial charge in [0.1, 0.15) is 17.7 Å². The van der Waals surface area contributed by atoms with Gasteiger partial charge in [-0.15, -0.1) is 0 Å². The van der Waals surface area contributed by atoms with Crippen molar-refractivity contribution in [1.82, 2.24) is 19.8 Å². The summed E-state index contributed by atoms with van der Waals surface area (Å²) in [6, 6.07) is 11.0. The predicted molar refractivity (Wildman–Crippen MR) is 109 cm³/mol. The first kappa shape index (κ1) is 19.8. The molecule has 0 saturated carbocycles. The Morgan fingerprint density at radius 2 is 2.00 bits per heavy atom. The van der Waals surface area contributed by atoms with Crippen LogP contribution >= 0.6 is 0 Å². The van der Waals surface area contributed by atoms with Gasteiger partial charge >= 0.3 is 6.03 Å². The number of aromatic nitrogens is 2. The second kappa shape index (κ2) is 8.44. The first-order chi connectivity index (χ1) is 14.5. The van der Waals surface area contributed by atoms with Crippen molar-refractivity contribution in [3.63, 3.8) is 0 Å². The van der Waals surface area contributed by atoms with Crippen LogP contribution in [0.1, 0.15) is 29.9 Å². The smallest absolute Gasteiger partial charge is 0.318 e. The number of hydrogen-bond donors (Lipinski definition) is 1. The number of imidazole rings is 1. The van der Waals surface area contributed by atoms with Gasteiger partial charge < -0.3 is 24.3 Å². The fraction of sp³-hybridized carbons (Fsp3) is 0.273. The maximum atomic E-state index is 13.4. The Morgan fingerprint density at radius 1 is 1.23 bits per heavy atom. The monoisotopic (exact) mass is 410 g/mol. The molecule has 1 aliphatic rings. The van der Waals surface area contributed by atoms with Gasteiger partial charge in [-0.25, -0.2) is 14.2 Å². The van der Waals surface area contributed by atoms with Gasteiger partial charge in [0, 0.05) is 32.5 Å². The number of carbonyl (C=O) groups excluding carboxylic acids is 1. The molecule has 1 N–H and O–H groups in total. The Hall–Kier alpha value is -3.55. The number of rotatable bonds is 6. The zero-order valence-electron chi connectivity index (χ0n) is 16.8. The number of nitrogens with zero attached hydrogens (tertiary/aromatic N) is 3. The van der Waals surface area contributed by atoms with E-state index in [2.05, 4.69) is 10.3 Å².